The van der Waals surface area contributed by atoms with Crippen molar-refractivity contribution in [2.75, 3.05) is 18.4 Å². The van der Waals surface area contributed by atoms with Crippen molar-refractivity contribution in [2.24, 2.45) is 5.73 Å². The first-order valence-electron chi connectivity index (χ1n) is 10.1. The van der Waals surface area contributed by atoms with Crippen molar-refractivity contribution in [1.82, 2.24) is 20.3 Å². The van der Waals surface area contributed by atoms with Gasteiger partial charge in [-0.2, -0.15) is 0 Å². The Morgan fingerprint density at radius 2 is 2.00 bits per heavy atom. The summed E-state index contributed by atoms with van der Waals surface area (Å²) in [7, 11) is 0. The number of amides is 1. The van der Waals surface area contributed by atoms with Crippen LogP contribution in [0.15, 0.2) is 36.7 Å². The Morgan fingerprint density at radius 1 is 1.20 bits per heavy atom. The number of benzene rings is 1. The minimum absolute atomic E-state index is 0.0758. The standard InChI is InChI=1S/C22H24N6O2/c1-2-18(29)14-7-5-13(6-8-14)17-10-16(21(23)30)19-20(28-17)22(26-12-25-19)27-15-4-3-9-24-11-15/h5-8,10,12,15,24H,2-4,9,11H2,1H3,(H2,23,30)(H,25,26,27)/t15-/m0/s1. The number of pyridine rings is 1. The molecule has 0 unspecified atom stereocenters. The van der Waals surface area contributed by atoms with E-state index in [-0.39, 0.29) is 17.4 Å². The van der Waals surface area contributed by atoms with Crippen molar-refractivity contribution >= 4 is 28.5 Å². The van der Waals surface area contributed by atoms with E-state index in [0.29, 0.717) is 34.5 Å². The van der Waals surface area contributed by atoms with Gasteiger partial charge in [-0.1, -0.05) is 31.2 Å². The second-order valence-electron chi connectivity index (χ2n) is 7.38. The van der Waals surface area contributed by atoms with Crippen molar-refractivity contribution < 1.29 is 9.59 Å². The number of carbonyl (C=O) groups excluding carboxylic acids is 2. The van der Waals surface area contributed by atoms with Gasteiger partial charge in [0.1, 0.15) is 17.4 Å². The minimum atomic E-state index is -0.578. The van der Waals surface area contributed by atoms with Gasteiger partial charge in [-0.05, 0) is 25.5 Å². The fourth-order valence-corrected chi connectivity index (χ4v) is 3.68. The van der Waals surface area contributed by atoms with Crippen LogP contribution >= 0.6 is 0 Å². The molecule has 1 aliphatic heterocycles. The van der Waals surface area contributed by atoms with Crippen molar-refractivity contribution in [1.29, 1.82) is 0 Å². The summed E-state index contributed by atoms with van der Waals surface area (Å²) in [6, 6.07) is 9.04. The molecule has 0 radical (unpaired) electrons. The number of carbonyl (C=O) groups is 2. The third-order valence-corrected chi connectivity index (χ3v) is 5.32. The number of fused-ring (bicyclic) bond motifs is 1. The first-order valence-corrected chi connectivity index (χ1v) is 10.1. The molecular weight excluding hydrogens is 380 g/mol. The van der Waals surface area contributed by atoms with Crippen molar-refractivity contribution in [2.45, 2.75) is 32.2 Å². The molecule has 0 aliphatic carbocycles. The molecule has 4 N–H and O–H groups in total. The van der Waals surface area contributed by atoms with Gasteiger partial charge in [0.05, 0.1) is 11.3 Å². The van der Waals surface area contributed by atoms with E-state index in [1.807, 2.05) is 19.1 Å². The number of nitrogens with zero attached hydrogens (tertiary/aromatic N) is 3. The quantitative estimate of drug-likeness (QED) is 0.540. The average molecular weight is 404 g/mol. The SMILES string of the molecule is CCC(=O)c1ccc(-c2cc(C(N)=O)c3ncnc(N[C@H]4CCCNC4)c3n2)cc1. The molecule has 2 aromatic heterocycles. The third kappa shape index (κ3) is 3.99. The molecular formula is C22H24N6O2. The van der Waals surface area contributed by atoms with Crippen LogP contribution in [-0.2, 0) is 0 Å². The molecule has 3 aromatic rings. The van der Waals surface area contributed by atoms with Gasteiger partial charge in [0.15, 0.2) is 11.6 Å². The Balaban J connectivity index is 1.79. The number of nitrogens with two attached hydrogens (primary N) is 1. The number of primary amides is 1. The number of rotatable bonds is 6. The lowest BCUT2D eigenvalue weighted by molar-refractivity contribution is 0.0984. The Bertz CT molecular complexity index is 1090. The first kappa shape index (κ1) is 19.9. The Kier molecular flexibility index (Phi) is 5.67. The minimum Gasteiger partial charge on any atom is -0.366 e. The summed E-state index contributed by atoms with van der Waals surface area (Å²) in [5.41, 5.74) is 8.85. The first-order chi connectivity index (χ1) is 14.6. The molecule has 1 fully saturated rings. The highest BCUT2D eigenvalue weighted by Crippen LogP contribution is 2.27. The van der Waals surface area contributed by atoms with Gasteiger partial charge in [-0.15, -0.1) is 0 Å². The highest BCUT2D eigenvalue weighted by Gasteiger charge is 2.19. The molecule has 0 spiro atoms. The lowest BCUT2D eigenvalue weighted by Gasteiger charge is -2.24. The number of hydrogen-bond acceptors (Lipinski definition) is 7. The molecule has 1 atom stereocenters. The fraction of sp³-hybridized carbons (Fsp3) is 0.318. The molecule has 1 saturated heterocycles. The van der Waals surface area contributed by atoms with Crippen LogP contribution in [0.2, 0.25) is 0 Å². The van der Waals surface area contributed by atoms with Gasteiger partial charge in [0.2, 0.25) is 0 Å². The summed E-state index contributed by atoms with van der Waals surface area (Å²) < 4.78 is 0. The Hall–Kier alpha value is -3.39. The maximum absolute atomic E-state index is 12.1. The van der Waals surface area contributed by atoms with E-state index in [2.05, 4.69) is 20.6 Å². The summed E-state index contributed by atoms with van der Waals surface area (Å²) in [6.07, 6.45) is 3.96. The van der Waals surface area contributed by atoms with Crippen molar-refractivity contribution in [3.05, 3.63) is 47.8 Å². The summed E-state index contributed by atoms with van der Waals surface area (Å²) in [5, 5.41) is 6.79. The van der Waals surface area contributed by atoms with Crippen molar-refractivity contribution in [3.8, 4) is 11.3 Å². The van der Waals surface area contributed by atoms with Crippen LogP contribution in [0, 0.1) is 0 Å². The molecule has 8 nitrogen and oxygen atoms in total. The smallest absolute Gasteiger partial charge is 0.251 e. The second kappa shape index (κ2) is 8.54. The zero-order chi connectivity index (χ0) is 21.1. The number of Topliss-reactive ketones (excluding diaryl/α,β-unsaturated/α-hetero) is 1. The normalized spacial score (nSPS) is 16.4. The predicted molar refractivity (Wildman–Crippen MR) is 115 cm³/mol. The molecule has 1 amide bonds. The molecule has 4 rings (SSSR count). The fourth-order valence-electron chi connectivity index (χ4n) is 3.68. The molecule has 154 valence electrons. The van der Waals surface area contributed by atoms with Gasteiger partial charge in [-0.25, -0.2) is 15.0 Å². The van der Waals surface area contributed by atoms with Gasteiger partial charge < -0.3 is 16.4 Å². The maximum atomic E-state index is 12.1. The highest BCUT2D eigenvalue weighted by molar-refractivity contribution is 6.07. The average Bonchev–Trinajstić information content (AvgIpc) is 2.79. The van der Waals surface area contributed by atoms with Crippen LogP contribution in [0.4, 0.5) is 5.82 Å². The van der Waals surface area contributed by atoms with Crippen LogP contribution in [0.25, 0.3) is 22.3 Å². The van der Waals surface area contributed by atoms with E-state index in [4.69, 9.17) is 10.7 Å². The highest BCUT2D eigenvalue weighted by atomic mass is 16.1. The predicted octanol–water partition coefficient (Wildman–Crippen LogP) is 2.55. The van der Waals surface area contributed by atoms with E-state index in [0.717, 1.165) is 31.5 Å². The van der Waals surface area contributed by atoms with E-state index >= 15 is 0 Å². The molecule has 30 heavy (non-hydrogen) atoms. The zero-order valence-corrected chi connectivity index (χ0v) is 16.8. The lowest BCUT2D eigenvalue weighted by atomic mass is 10.0. The molecule has 0 saturated carbocycles. The largest absolute Gasteiger partial charge is 0.366 e. The number of anilines is 1. The molecule has 8 heteroatoms. The molecule has 1 aromatic carbocycles. The van der Waals surface area contributed by atoms with E-state index in [9.17, 15) is 9.59 Å². The van der Waals surface area contributed by atoms with Gasteiger partial charge >= 0.3 is 0 Å². The number of nitrogens with one attached hydrogen (secondary N) is 2. The van der Waals surface area contributed by atoms with Gasteiger partial charge in [0.25, 0.3) is 5.91 Å². The number of aromatic nitrogens is 3. The molecule has 0 bridgehead atoms. The van der Waals surface area contributed by atoms with E-state index in [1.54, 1.807) is 18.2 Å². The summed E-state index contributed by atoms with van der Waals surface area (Å²) >= 11 is 0. The van der Waals surface area contributed by atoms with Crippen LogP contribution in [0.5, 0.6) is 0 Å². The lowest BCUT2D eigenvalue weighted by Crippen LogP contribution is -2.38. The molecule has 3 heterocycles. The molecule has 1 aliphatic rings. The summed E-state index contributed by atoms with van der Waals surface area (Å²) in [6.45, 7) is 3.67. The zero-order valence-electron chi connectivity index (χ0n) is 16.8. The van der Waals surface area contributed by atoms with Gasteiger partial charge in [-0.3, -0.25) is 9.59 Å². The number of piperidine rings is 1. The summed E-state index contributed by atoms with van der Waals surface area (Å²) in [4.78, 5) is 37.4. The monoisotopic (exact) mass is 404 g/mol. The number of hydrogen-bond donors (Lipinski definition) is 3. The number of ketones is 1. The van der Waals surface area contributed by atoms with Gasteiger partial charge in [0, 0.05) is 30.1 Å². The summed E-state index contributed by atoms with van der Waals surface area (Å²) in [5.74, 6) is 0.0769. The van der Waals surface area contributed by atoms with E-state index < -0.39 is 5.91 Å². The van der Waals surface area contributed by atoms with Crippen LogP contribution < -0.4 is 16.4 Å². The maximum Gasteiger partial charge on any atom is 0.251 e. The van der Waals surface area contributed by atoms with Crippen LogP contribution in [0.1, 0.15) is 46.9 Å². The third-order valence-electron chi connectivity index (χ3n) is 5.32. The van der Waals surface area contributed by atoms with Crippen molar-refractivity contribution in [3.63, 3.8) is 0 Å². The van der Waals surface area contributed by atoms with Crippen LogP contribution in [0.3, 0.4) is 0 Å². The topological polar surface area (TPSA) is 123 Å². The Morgan fingerprint density at radius 3 is 2.67 bits per heavy atom. The van der Waals surface area contributed by atoms with Crippen LogP contribution in [-0.4, -0.2) is 45.8 Å². The Labute approximate surface area is 174 Å². The second-order valence-corrected chi connectivity index (χ2v) is 7.38. The van der Waals surface area contributed by atoms with E-state index in [1.165, 1.54) is 6.33 Å².